The Morgan fingerprint density at radius 3 is 2.88 bits per heavy atom. The van der Waals surface area contributed by atoms with E-state index in [0.29, 0.717) is 11.8 Å². The SMILES string of the molecule is O=C(c1cccc2ncsc12)N1C[C@@H]2CNC[C@@H]2[C@H]1c1ccccc1. The minimum Gasteiger partial charge on any atom is -0.331 e. The number of aromatic nitrogens is 1. The van der Waals surface area contributed by atoms with Gasteiger partial charge in [0.2, 0.25) is 0 Å². The predicted octanol–water partition coefficient (Wildman–Crippen LogP) is 3.33. The Hall–Kier alpha value is -2.24. The molecule has 1 amide bonds. The first-order valence-electron chi connectivity index (χ1n) is 8.72. The van der Waals surface area contributed by atoms with Crippen LogP contribution in [-0.2, 0) is 0 Å². The Bertz CT molecular complexity index is 923. The molecule has 3 heterocycles. The van der Waals surface area contributed by atoms with Gasteiger partial charge >= 0.3 is 0 Å². The fourth-order valence-electron chi connectivity index (χ4n) is 4.42. The third-order valence-corrected chi connectivity index (χ3v) is 6.43. The number of benzene rings is 2. The highest BCUT2D eigenvalue weighted by Crippen LogP contribution is 2.43. The molecule has 5 rings (SSSR count). The Balaban J connectivity index is 1.57. The van der Waals surface area contributed by atoms with E-state index < -0.39 is 0 Å². The first kappa shape index (κ1) is 15.0. The van der Waals surface area contributed by atoms with E-state index in [-0.39, 0.29) is 11.9 Å². The number of fused-ring (bicyclic) bond motifs is 2. The molecule has 3 aromatic rings. The highest BCUT2D eigenvalue weighted by Gasteiger charge is 2.47. The summed E-state index contributed by atoms with van der Waals surface area (Å²) in [5.41, 5.74) is 4.75. The lowest BCUT2D eigenvalue weighted by Crippen LogP contribution is -2.34. The van der Waals surface area contributed by atoms with Gasteiger partial charge in [0.05, 0.1) is 27.3 Å². The Morgan fingerprint density at radius 1 is 1.12 bits per heavy atom. The molecule has 2 fully saturated rings. The molecule has 2 saturated heterocycles. The van der Waals surface area contributed by atoms with Gasteiger partial charge in [0.1, 0.15) is 0 Å². The summed E-state index contributed by atoms with van der Waals surface area (Å²) in [5.74, 6) is 1.17. The van der Waals surface area contributed by atoms with E-state index in [1.165, 1.54) is 5.56 Å². The molecular weight excluding hydrogens is 330 g/mol. The van der Waals surface area contributed by atoms with E-state index in [9.17, 15) is 4.79 Å². The molecule has 0 aliphatic carbocycles. The summed E-state index contributed by atoms with van der Waals surface area (Å²) in [6.45, 7) is 2.81. The van der Waals surface area contributed by atoms with E-state index in [1.54, 1.807) is 11.3 Å². The van der Waals surface area contributed by atoms with Gasteiger partial charge in [0.25, 0.3) is 5.91 Å². The minimum atomic E-state index is 0.137. The van der Waals surface area contributed by atoms with Gasteiger partial charge in [0.15, 0.2) is 0 Å². The van der Waals surface area contributed by atoms with E-state index >= 15 is 0 Å². The van der Waals surface area contributed by atoms with E-state index in [2.05, 4.69) is 39.5 Å². The molecule has 0 saturated carbocycles. The summed E-state index contributed by atoms with van der Waals surface area (Å²) >= 11 is 1.55. The standard InChI is InChI=1S/C20H19N3OS/c24-20(15-7-4-8-17-19(15)25-12-22-17)23-11-14-9-21-10-16(14)18(23)13-5-2-1-3-6-13/h1-8,12,14,16,18,21H,9-11H2/t14-,16-,18+/m0/s1. The van der Waals surface area contributed by atoms with Crippen LogP contribution >= 0.6 is 11.3 Å². The van der Waals surface area contributed by atoms with Crippen molar-refractivity contribution in [3.05, 3.63) is 65.2 Å². The van der Waals surface area contributed by atoms with E-state index in [0.717, 1.165) is 35.4 Å². The minimum absolute atomic E-state index is 0.137. The number of carbonyl (C=O) groups is 1. The van der Waals surface area contributed by atoms with Gasteiger partial charge < -0.3 is 10.2 Å². The molecule has 2 aromatic carbocycles. The van der Waals surface area contributed by atoms with Gasteiger partial charge in [-0.1, -0.05) is 36.4 Å². The molecule has 126 valence electrons. The van der Waals surface area contributed by atoms with Gasteiger partial charge in [-0.15, -0.1) is 11.3 Å². The summed E-state index contributed by atoms with van der Waals surface area (Å²) in [4.78, 5) is 19.9. The molecule has 1 N–H and O–H groups in total. The van der Waals surface area contributed by atoms with Crippen molar-refractivity contribution < 1.29 is 4.79 Å². The van der Waals surface area contributed by atoms with E-state index in [4.69, 9.17) is 0 Å². The number of amides is 1. The van der Waals surface area contributed by atoms with Crippen molar-refractivity contribution in [2.24, 2.45) is 11.8 Å². The second kappa shape index (κ2) is 5.93. The van der Waals surface area contributed by atoms with Crippen molar-refractivity contribution in [2.45, 2.75) is 6.04 Å². The zero-order valence-electron chi connectivity index (χ0n) is 13.8. The second-order valence-corrected chi connectivity index (χ2v) is 7.76. The summed E-state index contributed by atoms with van der Waals surface area (Å²) in [6.07, 6.45) is 0. The van der Waals surface area contributed by atoms with Crippen molar-refractivity contribution in [2.75, 3.05) is 19.6 Å². The van der Waals surface area contributed by atoms with Crippen LogP contribution in [0.5, 0.6) is 0 Å². The summed E-state index contributed by atoms with van der Waals surface area (Å²) < 4.78 is 0.995. The third-order valence-electron chi connectivity index (χ3n) is 5.55. The van der Waals surface area contributed by atoms with E-state index in [1.807, 2.05) is 29.8 Å². The number of hydrogen-bond donors (Lipinski definition) is 1. The molecule has 3 atom stereocenters. The van der Waals surface area contributed by atoms with Gasteiger partial charge in [-0.25, -0.2) is 4.98 Å². The number of rotatable bonds is 2. The number of nitrogens with one attached hydrogen (secondary N) is 1. The first-order valence-corrected chi connectivity index (χ1v) is 9.60. The van der Waals surface area contributed by atoms with Crippen LogP contribution in [0.15, 0.2) is 54.0 Å². The smallest absolute Gasteiger partial charge is 0.255 e. The second-order valence-electron chi connectivity index (χ2n) is 6.90. The van der Waals surface area contributed by atoms with Gasteiger partial charge in [-0.2, -0.15) is 0 Å². The molecule has 0 spiro atoms. The molecule has 0 radical (unpaired) electrons. The highest BCUT2D eigenvalue weighted by atomic mass is 32.1. The number of thiazole rings is 1. The quantitative estimate of drug-likeness (QED) is 0.772. The number of carbonyl (C=O) groups excluding carboxylic acids is 1. The fourth-order valence-corrected chi connectivity index (χ4v) is 5.21. The lowest BCUT2D eigenvalue weighted by atomic mass is 9.89. The fraction of sp³-hybridized carbons (Fsp3) is 0.300. The molecule has 0 unspecified atom stereocenters. The third kappa shape index (κ3) is 2.38. The molecule has 25 heavy (non-hydrogen) atoms. The maximum atomic E-state index is 13.5. The Labute approximate surface area is 150 Å². The van der Waals surface area contributed by atoms with Crippen molar-refractivity contribution in [3.63, 3.8) is 0 Å². The van der Waals surface area contributed by atoms with Crippen LogP contribution in [0, 0.1) is 11.8 Å². The Morgan fingerprint density at radius 2 is 2.00 bits per heavy atom. The molecule has 2 aliphatic rings. The Kier molecular flexibility index (Phi) is 3.57. The van der Waals surface area contributed by atoms with Crippen LogP contribution in [0.2, 0.25) is 0 Å². The monoisotopic (exact) mass is 349 g/mol. The largest absolute Gasteiger partial charge is 0.331 e. The molecule has 1 aromatic heterocycles. The van der Waals surface area contributed by atoms with Crippen molar-refractivity contribution >= 4 is 27.5 Å². The van der Waals surface area contributed by atoms with Crippen molar-refractivity contribution in [3.8, 4) is 0 Å². The van der Waals surface area contributed by atoms with Gasteiger partial charge in [-0.05, 0) is 23.6 Å². The summed E-state index contributed by atoms with van der Waals surface area (Å²) in [5, 5.41) is 3.50. The maximum absolute atomic E-state index is 13.5. The first-order chi connectivity index (χ1) is 12.3. The van der Waals surface area contributed by atoms with Crippen LogP contribution in [0.25, 0.3) is 10.2 Å². The lowest BCUT2D eigenvalue weighted by Gasteiger charge is -2.28. The normalized spacial score (nSPS) is 25.4. The average Bonchev–Trinajstić information content (AvgIpc) is 3.36. The van der Waals surface area contributed by atoms with Crippen LogP contribution in [0.1, 0.15) is 22.0 Å². The number of nitrogens with zero attached hydrogens (tertiary/aromatic N) is 2. The predicted molar refractivity (Wildman–Crippen MR) is 99.7 cm³/mol. The molecule has 4 nitrogen and oxygen atoms in total. The van der Waals surface area contributed by atoms with Crippen LogP contribution < -0.4 is 5.32 Å². The average molecular weight is 349 g/mol. The number of likely N-dealkylation sites (tertiary alicyclic amines) is 1. The van der Waals surface area contributed by atoms with Gasteiger partial charge in [0, 0.05) is 25.6 Å². The molecule has 0 bridgehead atoms. The zero-order valence-corrected chi connectivity index (χ0v) is 14.6. The van der Waals surface area contributed by atoms with Crippen LogP contribution in [0.3, 0.4) is 0 Å². The maximum Gasteiger partial charge on any atom is 0.255 e. The highest BCUT2D eigenvalue weighted by molar-refractivity contribution is 7.17. The number of hydrogen-bond acceptors (Lipinski definition) is 4. The summed E-state index contributed by atoms with van der Waals surface area (Å²) in [7, 11) is 0. The zero-order chi connectivity index (χ0) is 16.8. The molecular formula is C20H19N3OS. The lowest BCUT2D eigenvalue weighted by molar-refractivity contribution is 0.0716. The van der Waals surface area contributed by atoms with Crippen molar-refractivity contribution in [1.29, 1.82) is 0 Å². The molecule has 5 heteroatoms. The van der Waals surface area contributed by atoms with Gasteiger partial charge in [-0.3, -0.25) is 4.79 Å². The van der Waals surface area contributed by atoms with Crippen molar-refractivity contribution in [1.82, 2.24) is 15.2 Å². The topological polar surface area (TPSA) is 45.2 Å². The summed E-state index contributed by atoms with van der Waals surface area (Å²) in [6, 6.07) is 16.5. The molecule has 2 aliphatic heterocycles. The van der Waals surface area contributed by atoms with Crippen LogP contribution in [0.4, 0.5) is 0 Å². The van der Waals surface area contributed by atoms with Crippen LogP contribution in [-0.4, -0.2) is 35.4 Å².